The normalized spacial score (nSPS) is 12.0. The van der Waals surface area contributed by atoms with Crippen LogP contribution in [0.25, 0.3) is 17.7 Å². The van der Waals surface area contributed by atoms with E-state index in [-0.39, 0.29) is 6.61 Å². The quantitative estimate of drug-likeness (QED) is 0.404. The van der Waals surface area contributed by atoms with Gasteiger partial charge < -0.3 is 4.74 Å². The van der Waals surface area contributed by atoms with Crippen molar-refractivity contribution in [3.8, 4) is 0 Å². The fourth-order valence-electron chi connectivity index (χ4n) is 2.70. The van der Waals surface area contributed by atoms with E-state index >= 15 is 0 Å². The molecule has 3 aromatic rings. The summed E-state index contributed by atoms with van der Waals surface area (Å²) in [5.74, 6) is -0.466. The number of benzene rings is 1. The number of esters is 1. The molecule has 0 saturated heterocycles. The lowest BCUT2D eigenvalue weighted by Gasteiger charge is -2.06. The van der Waals surface area contributed by atoms with E-state index in [9.17, 15) is 18.0 Å². The van der Waals surface area contributed by atoms with Crippen LogP contribution in [0.3, 0.4) is 0 Å². The molecule has 7 heteroatoms. The largest absolute Gasteiger partial charge is 0.462 e. The molecule has 0 N–H and O–H groups in total. The number of hydrogen-bond acceptors (Lipinski definition) is 2. The van der Waals surface area contributed by atoms with Crippen molar-refractivity contribution >= 4 is 35.2 Å². The van der Waals surface area contributed by atoms with Gasteiger partial charge in [0.2, 0.25) is 0 Å². The fraction of sp³-hybridized carbons (Fsp3) is 0.150. The van der Waals surface area contributed by atoms with Crippen LogP contribution in [0.5, 0.6) is 0 Å². The molecule has 0 spiro atoms. The zero-order valence-corrected chi connectivity index (χ0v) is 15.0. The van der Waals surface area contributed by atoms with Crippen molar-refractivity contribution < 1.29 is 22.7 Å². The van der Waals surface area contributed by atoms with E-state index in [1.165, 1.54) is 12.1 Å². The lowest BCUT2D eigenvalue weighted by Crippen LogP contribution is -2.03. The molecule has 1 aromatic carbocycles. The van der Waals surface area contributed by atoms with E-state index < -0.39 is 17.7 Å². The summed E-state index contributed by atoms with van der Waals surface area (Å²) in [5.41, 5.74) is 1.45. The first-order chi connectivity index (χ1) is 12.8. The van der Waals surface area contributed by atoms with Gasteiger partial charge in [0.15, 0.2) is 0 Å². The summed E-state index contributed by atoms with van der Waals surface area (Å²) < 4.78 is 44.7. The second-order valence-corrected chi connectivity index (χ2v) is 6.11. The summed E-state index contributed by atoms with van der Waals surface area (Å²) in [6.45, 7) is 1.96. The van der Waals surface area contributed by atoms with Gasteiger partial charge in [-0.25, -0.2) is 4.79 Å². The van der Waals surface area contributed by atoms with Gasteiger partial charge in [0, 0.05) is 5.69 Å². The van der Waals surface area contributed by atoms with E-state index in [0.717, 1.165) is 12.1 Å². The summed E-state index contributed by atoms with van der Waals surface area (Å²) in [6, 6.07) is 11.6. The van der Waals surface area contributed by atoms with Crippen LogP contribution >= 0.6 is 11.6 Å². The molecule has 2 heterocycles. The molecule has 140 valence electrons. The van der Waals surface area contributed by atoms with Gasteiger partial charge in [-0.05, 0) is 48.9 Å². The third kappa shape index (κ3) is 4.01. The molecular weight excluding hydrogens is 379 g/mol. The van der Waals surface area contributed by atoms with Gasteiger partial charge in [-0.1, -0.05) is 35.9 Å². The zero-order valence-electron chi connectivity index (χ0n) is 14.3. The average molecular weight is 394 g/mol. The van der Waals surface area contributed by atoms with Crippen LogP contribution in [0.4, 0.5) is 13.2 Å². The van der Waals surface area contributed by atoms with E-state index in [1.807, 2.05) is 0 Å². The number of carbonyl (C=O) groups excluding carboxylic acids is 1. The highest BCUT2D eigenvalue weighted by molar-refractivity contribution is 6.30. The van der Waals surface area contributed by atoms with Crippen LogP contribution in [0.1, 0.15) is 34.1 Å². The number of hydrogen-bond donors (Lipinski definition) is 0. The number of pyridine rings is 1. The van der Waals surface area contributed by atoms with Gasteiger partial charge in [-0.3, -0.25) is 4.40 Å². The molecule has 0 aliphatic carbocycles. The first-order valence-corrected chi connectivity index (χ1v) is 8.51. The number of aromatic nitrogens is 1. The Morgan fingerprint density at radius 3 is 2.48 bits per heavy atom. The third-order valence-electron chi connectivity index (χ3n) is 3.95. The Morgan fingerprint density at radius 1 is 1.15 bits per heavy atom. The molecule has 0 radical (unpaired) electrons. The Bertz CT molecular complexity index is 1000. The molecule has 0 atom stereocenters. The lowest BCUT2D eigenvalue weighted by atomic mass is 10.1. The standard InChI is InChI=1S/C20H15ClF3NO2/c1-2-27-19(26)16-12-15(25-17(16)4-3-5-18(25)21)11-8-13-6-9-14(10-7-13)20(22,23)24/h3-12H,2H2,1H3/b11-8+. The van der Waals surface area contributed by atoms with E-state index in [1.54, 1.807) is 47.7 Å². The van der Waals surface area contributed by atoms with Crippen molar-refractivity contribution in [3.05, 3.63) is 76.1 Å². The number of alkyl halides is 3. The Hall–Kier alpha value is -2.73. The molecule has 0 unspecified atom stereocenters. The molecule has 0 fully saturated rings. The number of fused-ring (bicyclic) bond motifs is 1. The molecule has 3 rings (SSSR count). The van der Waals surface area contributed by atoms with Gasteiger partial charge in [0.25, 0.3) is 0 Å². The summed E-state index contributed by atoms with van der Waals surface area (Å²) in [6.07, 6.45) is -1.04. The van der Waals surface area contributed by atoms with Crippen LogP contribution in [0.15, 0.2) is 48.5 Å². The Morgan fingerprint density at radius 2 is 1.85 bits per heavy atom. The SMILES string of the molecule is CCOC(=O)c1cc(/C=C/c2ccc(C(F)(F)F)cc2)n2c(Cl)cccc12. The first-order valence-electron chi connectivity index (χ1n) is 8.13. The maximum atomic E-state index is 12.7. The number of rotatable bonds is 4. The number of ether oxygens (including phenoxy) is 1. The van der Waals surface area contributed by atoms with Gasteiger partial charge in [-0.2, -0.15) is 13.2 Å². The van der Waals surface area contributed by atoms with Gasteiger partial charge in [-0.15, -0.1) is 0 Å². The maximum absolute atomic E-state index is 12.7. The van der Waals surface area contributed by atoms with Crippen molar-refractivity contribution in [2.45, 2.75) is 13.1 Å². The van der Waals surface area contributed by atoms with Crippen molar-refractivity contribution in [3.63, 3.8) is 0 Å². The third-order valence-corrected chi connectivity index (χ3v) is 4.24. The van der Waals surface area contributed by atoms with Crippen molar-refractivity contribution in [2.24, 2.45) is 0 Å². The topological polar surface area (TPSA) is 30.7 Å². The minimum Gasteiger partial charge on any atom is -0.462 e. The van der Waals surface area contributed by atoms with E-state index in [0.29, 0.717) is 27.5 Å². The Balaban J connectivity index is 1.99. The first kappa shape index (κ1) is 19.0. The van der Waals surface area contributed by atoms with Crippen LogP contribution in [0.2, 0.25) is 5.15 Å². The fourth-order valence-corrected chi connectivity index (χ4v) is 2.96. The highest BCUT2D eigenvalue weighted by Gasteiger charge is 2.29. The summed E-state index contributed by atoms with van der Waals surface area (Å²) in [7, 11) is 0. The molecule has 3 nitrogen and oxygen atoms in total. The predicted molar refractivity (Wildman–Crippen MR) is 98.7 cm³/mol. The molecular formula is C20H15ClF3NO2. The highest BCUT2D eigenvalue weighted by Crippen LogP contribution is 2.29. The highest BCUT2D eigenvalue weighted by atomic mass is 35.5. The van der Waals surface area contributed by atoms with Crippen molar-refractivity contribution in [2.75, 3.05) is 6.61 Å². The second-order valence-electron chi connectivity index (χ2n) is 5.73. The molecule has 0 aliphatic heterocycles. The Kier molecular flexibility index (Phi) is 5.28. The minimum atomic E-state index is -4.37. The van der Waals surface area contributed by atoms with Gasteiger partial charge >= 0.3 is 12.1 Å². The zero-order chi connectivity index (χ0) is 19.6. The monoisotopic (exact) mass is 393 g/mol. The molecule has 0 saturated carbocycles. The average Bonchev–Trinajstić information content (AvgIpc) is 3.00. The van der Waals surface area contributed by atoms with Crippen LogP contribution in [-0.4, -0.2) is 17.0 Å². The van der Waals surface area contributed by atoms with Gasteiger partial charge in [0.1, 0.15) is 5.15 Å². The van der Waals surface area contributed by atoms with Crippen LogP contribution < -0.4 is 0 Å². The second kappa shape index (κ2) is 7.48. The number of carbonyl (C=O) groups is 1. The van der Waals surface area contributed by atoms with E-state index in [4.69, 9.17) is 16.3 Å². The van der Waals surface area contributed by atoms with Gasteiger partial charge in [0.05, 0.1) is 23.3 Å². The van der Waals surface area contributed by atoms with E-state index in [2.05, 4.69) is 0 Å². The maximum Gasteiger partial charge on any atom is 0.416 e. The molecule has 0 amide bonds. The molecule has 0 aliphatic rings. The minimum absolute atomic E-state index is 0.244. The van der Waals surface area contributed by atoms with Crippen LogP contribution in [0, 0.1) is 0 Å². The predicted octanol–water partition coefficient (Wildman–Crippen LogP) is 5.96. The Labute approximate surface area is 158 Å². The molecule has 0 bridgehead atoms. The number of nitrogens with zero attached hydrogens (tertiary/aromatic N) is 1. The summed E-state index contributed by atoms with van der Waals surface area (Å²) >= 11 is 6.26. The smallest absolute Gasteiger partial charge is 0.416 e. The lowest BCUT2D eigenvalue weighted by molar-refractivity contribution is -0.137. The molecule has 27 heavy (non-hydrogen) atoms. The number of halogens is 4. The summed E-state index contributed by atoms with van der Waals surface area (Å²) in [5, 5.41) is 0.398. The summed E-state index contributed by atoms with van der Waals surface area (Å²) in [4.78, 5) is 12.2. The van der Waals surface area contributed by atoms with Crippen molar-refractivity contribution in [1.82, 2.24) is 4.40 Å². The molecule has 2 aromatic heterocycles. The van der Waals surface area contributed by atoms with Crippen LogP contribution in [-0.2, 0) is 10.9 Å². The van der Waals surface area contributed by atoms with Crippen molar-refractivity contribution in [1.29, 1.82) is 0 Å².